The first-order valence-electron chi connectivity index (χ1n) is 7.73. The minimum atomic E-state index is -0.0647. The molecule has 1 saturated heterocycles. The number of carbonyl (C=O) groups is 1. The van der Waals surface area contributed by atoms with Crippen LogP contribution in [0.4, 0.5) is 0 Å². The van der Waals surface area contributed by atoms with Crippen molar-refractivity contribution in [2.75, 3.05) is 13.1 Å². The van der Waals surface area contributed by atoms with E-state index in [0.717, 1.165) is 37.4 Å². The lowest BCUT2D eigenvalue weighted by Crippen LogP contribution is -2.25. The summed E-state index contributed by atoms with van der Waals surface area (Å²) in [7, 11) is 0. The molecular weight excluding hydrogens is 278 g/mol. The first-order valence-corrected chi connectivity index (χ1v) is 7.73. The van der Waals surface area contributed by atoms with Crippen molar-refractivity contribution in [1.29, 1.82) is 0 Å². The van der Waals surface area contributed by atoms with Crippen LogP contribution < -0.4 is 16.2 Å². The van der Waals surface area contributed by atoms with E-state index < -0.39 is 0 Å². The van der Waals surface area contributed by atoms with Crippen LogP contribution >= 0.6 is 0 Å². The second kappa shape index (κ2) is 5.55. The van der Waals surface area contributed by atoms with Crippen molar-refractivity contribution < 1.29 is 4.79 Å². The number of nitrogens with zero attached hydrogens (tertiary/aromatic N) is 1. The molecule has 6 heteroatoms. The highest BCUT2D eigenvalue weighted by Crippen LogP contribution is 2.32. The second-order valence-electron chi connectivity index (χ2n) is 5.83. The van der Waals surface area contributed by atoms with E-state index in [1.807, 2.05) is 18.2 Å². The molecule has 4 N–H and O–H groups in total. The Kier molecular flexibility index (Phi) is 3.40. The third-order valence-electron chi connectivity index (χ3n) is 4.39. The van der Waals surface area contributed by atoms with Crippen LogP contribution in [-0.4, -0.2) is 29.0 Å². The minimum Gasteiger partial charge on any atom is -0.351 e. The molecule has 1 amide bonds. The Morgan fingerprint density at radius 2 is 2.05 bits per heavy atom. The van der Waals surface area contributed by atoms with Gasteiger partial charge < -0.3 is 10.3 Å². The largest absolute Gasteiger partial charge is 0.351 e. The van der Waals surface area contributed by atoms with E-state index in [0.29, 0.717) is 5.69 Å². The molecule has 114 valence electrons. The zero-order valence-electron chi connectivity index (χ0n) is 12.2. The highest BCUT2D eigenvalue weighted by molar-refractivity contribution is 5.93. The quantitative estimate of drug-likeness (QED) is 0.667. The van der Waals surface area contributed by atoms with Crippen LogP contribution in [0, 0.1) is 0 Å². The maximum absolute atomic E-state index is 12.1. The van der Waals surface area contributed by atoms with Crippen molar-refractivity contribution in [3.05, 3.63) is 53.1 Å². The van der Waals surface area contributed by atoms with Crippen molar-refractivity contribution in [3.63, 3.8) is 0 Å². The fraction of sp³-hybridized carbons (Fsp3) is 0.375. The Morgan fingerprint density at radius 1 is 1.18 bits per heavy atom. The predicted molar refractivity (Wildman–Crippen MR) is 82.3 cm³/mol. The number of fused-ring (bicyclic) bond motifs is 1. The van der Waals surface area contributed by atoms with Crippen LogP contribution in [-0.2, 0) is 6.42 Å². The number of H-pyrrole nitrogens is 1. The molecule has 1 fully saturated rings. The van der Waals surface area contributed by atoms with Crippen LogP contribution in [0.3, 0.4) is 0 Å². The van der Waals surface area contributed by atoms with Crippen LogP contribution in [0.15, 0.2) is 30.3 Å². The number of rotatable bonds is 2. The number of benzene rings is 1. The van der Waals surface area contributed by atoms with E-state index in [2.05, 4.69) is 38.3 Å². The number of hydrogen-bond acceptors (Lipinski definition) is 4. The van der Waals surface area contributed by atoms with Gasteiger partial charge in [-0.3, -0.25) is 10.2 Å². The van der Waals surface area contributed by atoms with E-state index in [1.165, 1.54) is 5.56 Å². The average Bonchev–Trinajstić information content (AvgIpc) is 3.15. The first-order chi connectivity index (χ1) is 10.8. The molecule has 0 bridgehead atoms. The van der Waals surface area contributed by atoms with E-state index in [9.17, 15) is 4.79 Å². The lowest BCUT2D eigenvalue weighted by Gasteiger charge is -2.16. The van der Waals surface area contributed by atoms with Gasteiger partial charge in [0.15, 0.2) is 0 Å². The zero-order chi connectivity index (χ0) is 14.9. The van der Waals surface area contributed by atoms with E-state index in [1.54, 1.807) is 0 Å². The lowest BCUT2D eigenvalue weighted by atomic mass is 9.94. The van der Waals surface area contributed by atoms with Gasteiger partial charge in [-0.1, -0.05) is 30.3 Å². The second-order valence-corrected chi connectivity index (χ2v) is 5.83. The van der Waals surface area contributed by atoms with Gasteiger partial charge in [-0.25, -0.2) is 10.4 Å². The maximum Gasteiger partial charge on any atom is 0.271 e. The summed E-state index contributed by atoms with van der Waals surface area (Å²) >= 11 is 0. The molecule has 3 heterocycles. The number of amides is 1. The van der Waals surface area contributed by atoms with Crippen LogP contribution in [0.2, 0.25) is 0 Å². The molecule has 1 aromatic carbocycles. The molecule has 2 aliphatic rings. The van der Waals surface area contributed by atoms with Crippen molar-refractivity contribution in [2.24, 2.45) is 0 Å². The number of aromatic nitrogens is 2. The summed E-state index contributed by atoms with van der Waals surface area (Å²) < 4.78 is 0. The third-order valence-corrected chi connectivity index (χ3v) is 4.39. The first kappa shape index (κ1) is 13.5. The van der Waals surface area contributed by atoms with E-state index >= 15 is 0 Å². The smallest absolute Gasteiger partial charge is 0.271 e. The molecule has 4 rings (SSSR count). The van der Waals surface area contributed by atoms with Crippen LogP contribution in [0.5, 0.6) is 0 Å². The summed E-state index contributed by atoms with van der Waals surface area (Å²) in [6.07, 6.45) is 1.81. The Labute approximate surface area is 128 Å². The van der Waals surface area contributed by atoms with Gasteiger partial charge in [-0.15, -0.1) is 0 Å². The van der Waals surface area contributed by atoms with E-state index in [-0.39, 0.29) is 17.9 Å². The fourth-order valence-electron chi connectivity index (χ4n) is 3.25. The number of imidazole rings is 1. The monoisotopic (exact) mass is 297 g/mol. The van der Waals surface area contributed by atoms with E-state index in [4.69, 9.17) is 0 Å². The summed E-state index contributed by atoms with van der Waals surface area (Å²) in [6, 6.07) is 10.5. The topological polar surface area (TPSA) is 81.8 Å². The number of aromatic amines is 1. The number of aryl methyl sites for hydroxylation is 1. The van der Waals surface area contributed by atoms with Crippen LogP contribution in [0.1, 0.15) is 46.0 Å². The number of hydrazine groups is 1. The van der Waals surface area contributed by atoms with Gasteiger partial charge in [0, 0.05) is 18.8 Å². The molecule has 0 spiro atoms. The molecular formula is C16H19N5O. The Morgan fingerprint density at radius 3 is 2.91 bits per heavy atom. The predicted octanol–water partition coefficient (Wildman–Crippen LogP) is 1.02. The standard InChI is InChI=1S/C16H19N5O/c22-16-14-12(7-4-8-17-16)19-15(20-14)11-9-18-21-13(11)10-5-2-1-3-6-10/h1-3,5-6,11,13,18,21H,4,7-9H2,(H,17,22)(H,19,20). The summed E-state index contributed by atoms with van der Waals surface area (Å²) in [6.45, 7) is 1.51. The Hall–Kier alpha value is -2.18. The zero-order valence-corrected chi connectivity index (χ0v) is 12.2. The van der Waals surface area contributed by atoms with Gasteiger partial charge in [0.1, 0.15) is 11.5 Å². The van der Waals surface area contributed by atoms with Gasteiger partial charge >= 0.3 is 0 Å². The molecule has 1 aromatic heterocycles. The summed E-state index contributed by atoms with van der Waals surface area (Å²) in [5.74, 6) is 1.00. The van der Waals surface area contributed by atoms with Gasteiger partial charge in [0.05, 0.1) is 12.0 Å². The lowest BCUT2D eigenvalue weighted by molar-refractivity contribution is 0.0951. The van der Waals surface area contributed by atoms with Crippen molar-refractivity contribution in [3.8, 4) is 0 Å². The molecule has 2 aliphatic heterocycles. The van der Waals surface area contributed by atoms with Gasteiger partial charge in [-0.05, 0) is 18.4 Å². The molecule has 2 atom stereocenters. The fourth-order valence-corrected chi connectivity index (χ4v) is 3.25. The molecule has 0 aliphatic carbocycles. The highest BCUT2D eigenvalue weighted by Gasteiger charge is 2.33. The highest BCUT2D eigenvalue weighted by atomic mass is 16.1. The van der Waals surface area contributed by atoms with Gasteiger partial charge in [-0.2, -0.15) is 0 Å². The minimum absolute atomic E-state index is 0.0647. The van der Waals surface area contributed by atoms with Crippen LogP contribution in [0.25, 0.3) is 0 Å². The average molecular weight is 297 g/mol. The Balaban J connectivity index is 1.67. The number of hydrogen-bond donors (Lipinski definition) is 4. The van der Waals surface area contributed by atoms with Crippen molar-refractivity contribution >= 4 is 5.91 Å². The van der Waals surface area contributed by atoms with Crippen molar-refractivity contribution in [2.45, 2.75) is 24.8 Å². The molecule has 0 saturated carbocycles. The third kappa shape index (κ3) is 2.30. The molecule has 0 radical (unpaired) electrons. The summed E-state index contributed by atoms with van der Waals surface area (Å²) in [4.78, 5) is 20.1. The summed E-state index contributed by atoms with van der Waals surface area (Å²) in [5.41, 5.74) is 9.27. The normalized spacial score (nSPS) is 24.6. The molecule has 2 unspecified atom stereocenters. The molecule has 2 aromatic rings. The SMILES string of the molecule is O=C1NCCCc2[nH]c(C3CNNC3c3ccccc3)nc21. The number of nitrogens with one attached hydrogen (secondary N) is 4. The Bertz CT molecular complexity index is 681. The summed E-state index contributed by atoms with van der Waals surface area (Å²) in [5, 5.41) is 2.89. The number of carbonyl (C=O) groups excluding carboxylic acids is 1. The van der Waals surface area contributed by atoms with Gasteiger partial charge in [0.2, 0.25) is 0 Å². The van der Waals surface area contributed by atoms with Gasteiger partial charge in [0.25, 0.3) is 5.91 Å². The van der Waals surface area contributed by atoms with Crippen molar-refractivity contribution in [1.82, 2.24) is 26.1 Å². The molecule has 22 heavy (non-hydrogen) atoms. The maximum atomic E-state index is 12.1. The molecule has 6 nitrogen and oxygen atoms in total.